The molecule has 3 saturated heterocycles. The smallest absolute Gasteiger partial charge is 0.212 e. The van der Waals surface area contributed by atoms with Gasteiger partial charge in [-0.15, -0.1) is 0 Å². The van der Waals surface area contributed by atoms with Crippen LogP contribution in [0.3, 0.4) is 0 Å². The highest BCUT2D eigenvalue weighted by molar-refractivity contribution is 5.85. The molecule has 3 aliphatic rings. The van der Waals surface area contributed by atoms with Gasteiger partial charge in [0.15, 0.2) is 0 Å². The zero-order chi connectivity index (χ0) is 27.1. The summed E-state index contributed by atoms with van der Waals surface area (Å²) in [6.07, 6.45) is 8.21. The largest absolute Gasteiger partial charge is 0.489 e. The molecular formula is C29H31N7O3. The van der Waals surface area contributed by atoms with Crippen molar-refractivity contribution in [2.75, 3.05) is 31.7 Å². The lowest BCUT2D eigenvalue weighted by Gasteiger charge is -2.56. The van der Waals surface area contributed by atoms with Gasteiger partial charge in [-0.05, 0) is 44.0 Å². The van der Waals surface area contributed by atoms with Gasteiger partial charge >= 0.3 is 0 Å². The van der Waals surface area contributed by atoms with E-state index >= 15 is 0 Å². The minimum Gasteiger partial charge on any atom is -0.489 e. The van der Waals surface area contributed by atoms with E-state index in [4.69, 9.17) is 14.5 Å². The molecule has 39 heavy (non-hydrogen) atoms. The van der Waals surface area contributed by atoms with Crippen LogP contribution < -0.4 is 14.4 Å². The quantitative estimate of drug-likeness (QED) is 0.370. The summed E-state index contributed by atoms with van der Waals surface area (Å²) in [6.45, 7) is 6.26. The third-order valence-electron chi connectivity index (χ3n) is 7.40. The standard InChI is InChI=1S/C29H31N7O3/c1-29(2,37)18-39-24-9-25(28-21(10-30)13-33-36(28)17-24)20-5-6-26(31-12-20)34-15-22-8-23(16-34)35(22)14-19-4-7-27(38-3)32-11-19/h4-7,9,11-13,17,22-23,37H,8,14-16,18H2,1-3H3/t22-,23+. The van der Waals surface area contributed by atoms with Crippen LogP contribution in [0, 0.1) is 11.3 Å². The van der Waals surface area contributed by atoms with Gasteiger partial charge in [0.05, 0.1) is 36.2 Å². The summed E-state index contributed by atoms with van der Waals surface area (Å²) in [5.74, 6) is 2.13. The lowest BCUT2D eigenvalue weighted by molar-refractivity contribution is -0.00876. The zero-order valence-electron chi connectivity index (χ0n) is 22.3. The van der Waals surface area contributed by atoms with Gasteiger partial charge in [0.1, 0.15) is 24.2 Å². The van der Waals surface area contributed by atoms with E-state index in [-0.39, 0.29) is 6.61 Å². The first-order valence-corrected chi connectivity index (χ1v) is 13.0. The van der Waals surface area contributed by atoms with Gasteiger partial charge in [-0.1, -0.05) is 6.07 Å². The van der Waals surface area contributed by atoms with Crippen molar-refractivity contribution in [3.8, 4) is 28.8 Å². The van der Waals surface area contributed by atoms with Crippen molar-refractivity contribution in [1.82, 2.24) is 24.5 Å². The van der Waals surface area contributed by atoms with Gasteiger partial charge in [0, 0.05) is 61.3 Å². The number of nitriles is 1. The van der Waals surface area contributed by atoms with Crippen LogP contribution >= 0.6 is 0 Å². The van der Waals surface area contributed by atoms with E-state index < -0.39 is 5.60 Å². The van der Waals surface area contributed by atoms with Crippen LogP contribution in [-0.4, -0.2) is 74.1 Å². The molecule has 0 radical (unpaired) electrons. The topological polar surface area (TPSA) is 112 Å². The number of nitrogens with zero attached hydrogens (tertiary/aromatic N) is 7. The lowest BCUT2D eigenvalue weighted by Crippen LogP contribution is -2.68. The Hall–Kier alpha value is -4.20. The van der Waals surface area contributed by atoms with Gasteiger partial charge in [0.25, 0.3) is 0 Å². The van der Waals surface area contributed by atoms with E-state index in [0.29, 0.717) is 34.8 Å². The molecule has 1 N–H and O–H groups in total. The number of anilines is 1. The molecule has 10 nitrogen and oxygen atoms in total. The van der Waals surface area contributed by atoms with Gasteiger partial charge in [0.2, 0.25) is 5.88 Å². The van der Waals surface area contributed by atoms with E-state index in [1.807, 2.05) is 36.7 Å². The predicted octanol–water partition coefficient (Wildman–Crippen LogP) is 3.28. The van der Waals surface area contributed by atoms with Crippen LogP contribution in [0.4, 0.5) is 5.82 Å². The fraction of sp³-hybridized carbons (Fsp3) is 0.379. The van der Waals surface area contributed by atoms with Crippen LogP contribution in [0.25, 0.3) is 16.6 Å². The van der Waals surface area contributed by atoms with E-state index in [0.717, 1.165) is 36.6 Å². The summed E-state index contributed by atoms with van der Waals surface area (Å²) in [6, 6.07) is 13.2. The fourth-order valence-corrected chi connectivity index (χ4v) is 5.44. The second kappa shape index (κ2) is 9.84. The summed E-state index contributed by atoms with van der Waals surface area (Å²) < 4.78 is 12.7. The number of aromatic nitrogens is 4. The number of fused-ring (bicyclic) bond motifs is 3. The molecule has 0 aromatic carbocycles. The number of pyridine rings is 3. The number of aliphatic hydroxyl groups is 1. The Morgan fingerprint density at radius 1 is 1.10 bits per heavy atom. The first kappa shape index (κ1) is 25.1. The monoisotopic (exact) mass is 525 g/mol. The third kappa shape index (κ3) is 4.99. The van der Waals surface area contributed by atoms with Gasteiger partial charge < -0.3 is 19.5 Å². The van der Waals surface area contributed by atoms with Gasteiger partial charge in [-0.2, -0.15) is 10.4 Å². The molecule has 3 fully saturated rings. The molecule has 7 rings (SSSR count). The maximum absolute atomic E-state index is 10.1. The highest BCUT2D eigenvalue weighted by Crippen LogP contribution is 2.36. The average Bonchev–Trinajstić information content (AvgIpc) is 3.37. The molecule has 200 valence electrons. The van der Waals surface area contributed by atoms with Crippen molar-refractivity contribution in [3.63, 3.8) is 0 Å². The number of hydrogen-bond acceptors (Lipinski definition) is 9. The Balaban J connectivity index is 1.19. The van der Waals surface area contributed by atoms with E-state index in [1.165, 1.54) is 12.0 Å². The average molecular weight is 526 g/mol. The van der Waals surface area contributed by atoms with Crippen LogP contribution in [-0.2, 0) is 6.54 Å². The molecule has 7 heterocycles. The normalized spacial score (nSPS) is 19.0. The predicted molar refractivity (Wildman–Crippen MR) is 146 cm³/mol. The van der Waals surface area contributed by atoms with Crippen LogP contribution in [0.2, 0.25) is 0 Å². The second-order valence-electron chi connectivity index (χ2n) is 10.9. The minimum absolute atomic E-state index is 0.130. The number of piperidine rings is 1. The maximum Gasteiger partial charge on any atom is 0.212 e. The van der Waals surface area contributed by atoms with Crippen molar-refractivity contribution < 1.29 is 14.6 Å². The molecule has 4 aromatic rings. The Bertz CT molecular complexity index is 1510. The first-order chi connectivity index (χ1) is 18.8. The Labute approximate surface area is 227 Å². The lowest BCUT2D eigenvalue weighted by atomic mass is 9.87. The van der Waals surface area contributed by atoms with Crippen LogP contribution in [0.15, 0.2) is 55.1 Å². The zero-order valence-corrected chi connectivity index (χ0v) is 22.3. The highest BCUT2D eigenvalue weighted by Gasteiger charge is 2.44. The number of ether oxygens (including phenoxy) is 2. The molecule has 0 unspecified atom stereocenters. The summed E-state index contributed by atoms with van der Waals surface area (Å²) in [7, 11) is 1.63. The maximum atomic E-state index is 10.1. The molecule has 0 spiro atoms. The fourth-order valence-electron chi connectivity index (χ4n) is 5.44. The highest BCUT2D eigenvalue weighted by atomic mass is 16.5. The Morgan fingerprint density at radius 3 is 2.56 bits per heavy atom. The molecule has 0 saturated carbocycles. The van der Waals surface area contributed by atoms with Crippen molar-refractivity contribution in [2.45, 2.75) is 44.5 Å². The number of hydrogen-bond donors (Lipinski definition) is 1. The molecule has 0 aliphatic carbocycles. The molecule has 10 heteroatoms. The Morgan fingerprint density at radius 2 is 1.92 bits per heavy atom. The third-order valence-corrected chi connectivity index (χ3v) is 7.40. The van der Waals surface area contributed by atoms with Crippen LogP contribution in [0.1, 0.15) is 31.4 Å². The summed E-state index contributed by atoms with van der Waals surface area (Å²) >= 11 is 0. The molecule has 3 aliphatic heterocycles. The molecular weight excluding hydrogens is 494 g/mol. The molecule has 2 bridgehead atoms. The molecule has 2 atom stereocenters. The van der Waals surface area contributed by atoms with E-state index in [2.05, 4.69) is 32.0 Å². The summed E-state index contributed by atoms with van der Waals surface area (Å²) in [5.41, 5.74) is 3.06. The van der Waals surface area contributed by atoms with Crippen molar-refractivity contribution >= 4 is 11.3 Å². The number of methoxy groups -OCH3 is 1. The van der Waals surface area contributed by atoms with Crippen LogP contribution in [0.5, 0.6) is 11.6 Å². The number of rotatable bonds is 8. The SMILES string of the molecule is COc1ccc(CN2[C@@H]3C[C@H]2CN(c2ccc(-c4cc(OCC(C)(C)O)cn5ncc(C#N)c45)cn2)C3)cn1. The van der Waals surface area contributed by atoms with E-state index in [9.17, 15) is 10.4 Å². The Kier molecular flexibility index (Phi) is 6.33. The molecule has 4 aromatic heterocycles. The number of piperazine rings is 1. The minimum atomic E-state index is -0.976. The van der Waals surface area contributed by atoms with Crippen molar-refractivity contribution in [3.05, 3.63) is 66.2 Å². The van der Waals surface area contributed by atoms with Crippen molar-refractivity contribution in [1.29, 1.82) is 5.26 Å². The summed E-state index contributed by atoms with van der Waals surface area (Å²) in [4.78, 5) is 14.1. The van der Waals surface area contributed by atoms with Gasteiger partial charge in [-0.3, -0.25) is 4.90 Å². The first-order valence-electron chi connectivity index (χ1n) is 13.0. The summed E-state index contributed by atoms with van der Waals surface area (Å²) in [5, 5.41) is 24.1. The molecule has 0 amide bonds. The van der Waals surface area contributed by atoms with E-state index in [1.54, 1.807) is 37.9 Å². The van der Waals surface area contributed by atoms with Gasteiger partial charge in [-0.25, -0.2) is 14.5 Å². The second-order valence-corrected chi connectivity index (χ2v) is 10.9. The van der Waals surface area contributed by atoms with Crippen molar-refractivity contribution in [2.24, 2.45) is 0 Å².